The predicted molar refractivity (Wildman–Crippen MR) is 83.3 cm³/mol. The zero-order valence-corrected chi connectivity index (χ0v) is 13.6. The Morgan fingerprint density at radius 2 is 1.65 bits per heavy atom. The van der Waals surface area contributed by atoms with Gasteiger partial charge in [-0.3, -0.25) is 0 Å². The Morgan fingerprint density at radius 1 is 1.05 bits per heavy atom. The highest BCUT2D eigenvalue weighted by molar-refractivity contribution is 6.33. The van der Waals surface area contributed by atoms with Gasteiger partial charge in [0, 0.05) is 11.1 Å². The average molecular weight is 298 g/mol. The lowest BCUT2D eigenvalue weighted by molar-refractivity contribution is 0.356. The van der Waals surface area contributed by atoms with Crippen molar-refractivity contribution in [3.63, 3.8) is 0 Å². The lowest BCUT2D eigenvalue weighted by Crippen LogP contribution is -2.29. The third kappa shape index (κ3) is 2.89. The predicted octanol–water partition coefficient (Wildman–Crippen LogP) is 3.52. The molecule has 3 nitrogen and oxygen atoms in total. The minimum Gasteiger partial charge on any atom is -0.496 e. The molecule has 0 aromatic heterocycles. The zero-order chi connectivity index (χ0) is 14.7. The molecule has 1 heterocycles. The van der Waals surface area contributed by atoms with Gasteiger partial charge in [0.15, 0.2) is 0 Å². The number of methoxy groups -OCH3 is 2. The molecule has 0 unspecified atom stereocenters. The van der Waals surface area contributed by atoms with Gasteiger partial charge in [-0.25, -0.2) is 0 Å². The molecule has 1 aromatic rings. The molecule has 1 aliphatic rings. The van der Waals surface area contributed by atoms with Gasteiger partial charge >= 0.3 is 0 Å². The maximum absolute atomic E-state index is 6.38. The van der Waals surface area contributed by atoms with Crippen LogP contribution >= 0.6 is 11.6 Å². The van der Waals surface area contributed by atoms with Gasteiger partial charge in [-0.05, 0) is 57.7 Å². The van der Waals surface area contributed by atoms with Crippen molar-refractivity contribution >= 4 is 11.6 Å². The summed E-state index contributed by atoms with van der Waals surface area (Å²) < 4.78 is 11.1. The molecule has 0 saturated carbocycles. The van der Waals surface area contributed by atoms with Crippen molar-refractivity contribution in [3.8, 4) is 11.5 Å². The van der Waals surface area contributed by atoms with Crippen molar-refractivity contribution < 1.29 is 9.47 Å². The minimum absolute atomic E-state index is 0.663. The molecular weight excluding hydrogens is 274 g/mol. The van der Waals surface area contributed by atoms with E-state index >= 15 is 0 Å². The number of ether oxygens (including phenoxy) is 2. The van der Waals surface area contributed by atoms with E-state index < -0.39 is 0 Å². The summed E-state index contributed by atoms with van der Waals surface area (Å²) in [4.78, 5) is 0. The van der Waals surface area contributed by atoms with Gasteiger partial charge in [-0.1, -0.05) is 11.6 Å². The van der Waals surface area contributed by atoms with Crippen LogP contribution in [0.1, 0.15) is 29.5 Å². The van der Waals surface area contributed by atoms with Crippen LogP contribution in [0, 0.1) is 19.8 Å². The molecular formula is C16H24ClNO2. The van der Waals surface area contributed by atoms with E-state index in [1.807, 2.05) is 6.92 Å². The van der Waals surface area contributed by atoms with Gasteiger partial charge in [0.25, 0.3) is 0 Å². The molecule has 0 radical (unpaired) electrons. The van der Waals surface area contributed by atoms with Crippen LogP contribution in [-0.2, 0) is 6.42 Å². The van der Waals surface area contributed by atoms with Crippen molar-refractivity contribution in [3.05, 3.63) is 21.7 Å². The Hall–Kier alpha value is -0.930. The molecule has 1 aromatic carbocycles. The van der Waals surface area contributed by atoms with E-state index in [1.54, 1.807) is 14.2 Å². The molecule has 1 aliphatic heterocycles. The summed E-state index contributed by atoms with van der Waals surface area (Å²) in [6.07, 6.45) is 3.46. The lowest BCUT2D eigenvalue weighted by Gasteiger charge is -2.26. The van der Waals surface area contributed by atoms with Crippen molar-refractivity contribution in [1.82, 2.24) is 5.32 Å². The van der Waals surface area contributed by atoms with Gasteiger partial charge in [0.1, 0.15) is 11.5 Å². The van der Waals surface area contributed by atoms with Crippen LogP contribution < -0.4 is 14.8 Å². The largest absolute Gasteiger partial charge is 0.496 e. The van der Waals surface area contributed by atoms with Crippen LogP contribution in [0.2, 0.25) is 5.02 Å². The molecule has 0 aliphatic carbocycles. The Kier molecular flexibility index (Phi) is 5.17. The second kappa shape index (κ2) is 6.68. The highest BCUT2D eigenvalue weighted by Gasteiger charge is 2.23. The Labute approximate surface area is 126 Å². The molecule has 1 fully saturated rings. The zero-order valence-electron chi connectivity index (χ0n) is 12.8. The summed E-state index contributed by atoms with van der Waals surface area (Å²) in [5.74, 6) is 2.41. The van der Waals surface area contributed by atoms with Gasteiger partial charge in [-0.2, -0.15) is 0 Å². The third-order valence-corrected chi connectivity index (χ3v) is 4.75. The first-order valence-electron chi connectivity index (χ1n) is 7.20. The fourth-order valence-corrected chi connectivity index (χ4v) is 3.41. The van der Waals surface area contributed by atoms with Crippen LogP contribution in [0.15, 0.2) is 0 Å². The van der Waals surface area contributed by atoms with E-state index in [9.17, 15) is 0 Å². The summed E-state index contributed by atoms with van der Waals surface area (Å²) in [6.45, 7) is 6.28. The number of rotatable bonds is 4. The van der Waals surface area contributed by atoms with Crippen LogP contribution in [-0.4, -0.2) is 27.3 Å². The van der Waals surface area contributed by atoms with E-state index in [0.29, 0.717) is 10.9 Å². The maximum Gasteiger partial charge on any atom is 0.141 e. The summed E-state index contributed by atoms with van der Waals surface area (Å²) in [6, 6.07) is 0. The van der Waals surface area contributed by atoms with Crippen molar-refractivity contribution in [2.24, 2.45) is 5.92 Å². The fourth-order valence-electron chi connectivity index (χ4n) is 3.11. The Bertz CT molecular complexity index is 482. The van der Waals surface area contributed by atoms with Crippen LogP contribution in [0.3, 0.4) is 0 Å². The quantitative estimate of drug-likeness (QED) is 0.922. The van der Waals surface area contributed by atoms with Crippen LogP contribution in [0.4, 0.5) is 0 Å². The molecule has 20 heavy (non-hydrogen) atoms. The Balaban J connectivity index is 2.41. The number of hydrogen-bond donors (Lipinski definition) is 1. The first-order chi connectivity index (χ1) is 9.60. The monoisotopic (exact) mass is 297 g/mol. The molecule has 1 saturated heterocycles. The SMILES string of the molecule is COc1c(C)c(CC2CCNCC2)c(OC)c(C)c1Cl. The second-order valence-corrected chi connectivity index (χ2v) is 5.88. The van der Waals surface area contributed by atoms with Crippen LogP contribution in [0.5, 0.6) is 11.5 Å². The molecule has 0 atom stereocenters. The molecule has 112 valence electrons. The number of nitrogens with one attached hydrogen (secondary N) is 1. The first-order valence-corrected chi connectivity index (χ1v) is 7.58. The fraction of sp³-hybridized carbons (Fsp3) is 0.625. The molecule has 2 rings (SSSR count). The second-order valence-electron chi connectivity index (χ2n) is 5.51. The summed E-state index contributed by atoms with van der Waals surface area (Å²) in [7, 11) is 3.39. The maximum atomic E-state index is 6.38. The van der Waals surface area contributed by atoms with E-state index in [-0.39, 0.29) is 0 Å². The summed E-state index contributed by atoms with van der Waals surface area (Å²) >= 11 is 6.38. The van der Waals surface area contributed by atoms with E-state index in [1.165, 1.54) is 18.4 Å². The van der Waals surface area contributed by atoms with Gasteiger partial charge in [-0.15, -0.1) is 0 Å². The number of piperidine rings is 1. The summed E-state index contributed by atoms with van der Waals surface area (Å²) in [5.41, 5.74) is 3.33. The van der Waals surface area contributed by atoms with Gasteiger partial charge < -0.3 is 14.8 Å². The molecule has 1 N–H and O–H groups in total. The third-order valence-electron chi connectivity index (χ3n) is 4.30. The smallest absolute Gasteiger partial charge is 0.141 e. The van der Waals surface area contributed by atoms with Crippen molar-refractivity contribution in [1.29, 1.82) is 0 Å². The van der Waals surface area contributed by atoms with Crippen molar-refractivity contribution in [2.75, 3.05) is 27.3 Å². The molecule has 0 amide bonds. The van der Waals surface area contributed by atoms with Crippen molar-refractivity contribution in [2.45, 2.75) is 33.1 Å². The highest BCUT2D eigenvalue weighted by Crippen LogP contribution is 2.42. The number of hydrogen-bond acceptors (Lipinski definition) is 3. The molecule has 0 bridgehead atoms. The normalized spacial score (nSPS) is 16.2. The van der Waals surface area contributed by atoms with Gasteiger partial charge in [0.2, 0.25) is 0 Å². The molecule has 4 heteroatoms. The van der Waals surface area contributed by atoms with E-state index in [4.69, 9.17) is 21.1 Å². The summed E-state index contributed by atoms with van der Waals surface area (Å²) in [5, 5.41) is 4.07. The first kappa shape index (κ1) is 15.5. The van der Waals surface area contributed by atoms with E-state index in [2.05, 4.69) is 12.2 Å². The van der Waals surface area contributed by atoms with Crippen LogP contribution in [0.25, 0.3) is 0 Å². The number of halogens is 1. The number of benzene rings is 1. The van der Waals surface area contributed by atoms with Gasteiger partial charge in [0.05, 0.1) is 19.2 Å². The minimum atomic E-state index is 0.663. The topological polar surface area (TPSA) is 30.5 Å². The average Bonchev–Trinajstić information content (AvgIpc) is 2.47. The standard InChI is InChI=1S/C16H24ClNO2/c1-10-13(9-12-5-7-18-8-6-12)15(19-3)11(2)14(17)16(10)20-4/h12,18H,5-9H2,1-4H3. The highest BCUT2D eigenvalue weighted by atomic mass is 35.5. The lowest BCUT2D eigenvalue weighted by atomic mass is 9.87. The van der Waals surface area contributed by atoms with E-state index in [0.717, 1.165) is 42.1 Å². The Morgan fingerprint density at radius 3 is 2.20 bits per heavy atom. The molecule has 0 spiro atoms.